The minimum absolute atomic E-state index is 0.795. The van der Waals surface area contributed by atoms with Crippen LogP contribution in [0, 0.1) is 0 Å². The van der Waals surface area contributed by atoms with Gasteiger partial charge in [-0.05, 0) is 12.1 Å². The summed E-state index contributed by atoms with van der Waals surface area (Å²) in [4.78, 5) is 8.52. The van der Waals surface area contributed by atoms with Crippen molar-refractivity contribution in [2.24, 2.45) is 5.84 Å². The van der Waals surface area contributed by atoms with Crippen LogP contribution in [0.4, 0.5) is 11.6 Å². The first-order chi connectivity index (χ1) is 7.36. The highest BCUT2D eigenvalue weighted by Crippen LogP contribution is 2.32. The highest BCUT2D eigenvalue weighted by molar-refractivity contribution is 5.66. The van der Waals surface area contributed by atoms with Crippen molar-refractivity contribution in [1.82, 2.24) is 9.97 Å². The van der Waals surface area contributed by atoms with E-state index in [1.165, 1.54) is 0 Å². The van der Waals surface area contributed by atoms with Crippen molar-refractivity contribution in [2.45, 2.75) is 6.42 Å². The molecule has 15 heavy (non-hydrogen) atoms. The lowest BCUT2D eigenvalue weighted by Crippen LogP contribution is -2.31. The molecule has 0 bridgehead atoms. The van der Waals surface area contributed by atoms with E-state index in [1.54, 1.807) is 17.4 Å². The van der Waals surface area contributed by atoms with Gasteiger partial charge in [-0.1, -0.05) is 12.1 Å². The maximum absolute atomic E-state index is 5.97. The standard InChI is InChI=1S/C11H10N4/c12-15-10-8(3-1-5-13-10)7-9-4-2-6-14-11(9)15/h1-6H,7,12H2. The van der Waals surface area contributed by atoms with Crippen LogP contribution in [0.25, 0.3) is 0 Å². The number of hydrogen-bond donors (Lipinski definition) is 1. The molecule has 2 N–H and O–H groups in total. The molecule has 2 aromatic rings. The number of nitrogens with two attached hydrogens (primary N) is 1. The van der Waals surface area contributed by atoms with Crippen LogP contribution in [0.2, 0.25) is 0 Å². The van der Waals surface area contributed by atoms with Gasteiger partial charge < -0.3 is 0 Å². The second-order valence-electron chi connectivity index (χ2n) is 3.52. The van der Waals surface area contributed by atoms with Crippen LogP contribution in [0.15, 0.2) is 36.7 Å². The van der Waals surface area contributed by atoms with Gasteiger partial charge in [-0.25, -0.2) is 20.8 Å². The quantitative estimate of drug-likeness (QED) is 0.650. The third-order valence-electron chi connectivity index (χ3n) is 2.57. The fraction of sp³-hybridized carbons (Fsp3) is 0.0909. The molecule has 3 rings (SSSR count). The summed E-state index contributed by atoms with van der Waals surface area (Å²) in [7, 11) is 0. The predicted octanol–water partition coefficient (Wildman–Crippen LogP) is 1.39. The second-order valence-corrected chi connectivity index (χ2v) is 3.52. The maximum atomic E-state index is 5.97. The summed E-state index contributed by atoms with van der Waals surface area (Å²) in [5, 5.41) is 1.55. The van der Waals surface area contributed by atoms with Crippen LogP contribution in [0.5, 0.6) is 0 Å². The molecule has 2 aromatic heterocycles. The van der Waals surface area contributed by atoms with Crippen LogP contribution >= 0.6 is 0 Å². The van der Waals surface area contributed by atoms with Crippen molar-refractivity contribution in [2.75, 3.05) is 5.01 Å². The lowest BCUT2D eigenvalue weighted by molar-refractivity contribution is 0.921. The molecule has 0 atom stereocenters. The Balaban J connectivity index is 2.20. The molecule has 0 spiro atoms. The molecule has 1 aliphatic heterocycles. The van der Waals surface area contributed by atoms with Gasteiger partial charge in [0.2, 0.25) is 0 Å². The zero-order chi connectivity index (χ0) is 10.3. The van der Waals surface area contributed by atoms with Gasteiger partial charge >= 0.3 is 0 Å². The van der Waals surface area contributed by atoms with E-state index >= 15 is 0 Å². The number of fused-ring (bicyclic) bond motifs is 2. The van der Waals surface area contributed by atoms with E-state index < -0.39 is 0 Å². The highest BCUT2D eigenvalue weighted by atomic mass is 15.5. The number of anilines is 2. The van der Waals surface area contributed by atoms with Crippen molar-refractivity contribution in [3.63, 3.8) is 0 Å². The van der Waals surface area contributed by atoms with E-state index in [0.717, 1.165) is 29.2 Å². The zero-order valence-electron chi connectivity index (χ0n) is 8.09. The van der Waals surface area contributed by atoms with Gasteiger partial charge in [0.1, 0.15) is 0 Å². The minimum Gasteiger partial charge on any atom is -0.244 e. The van der Waals surface area contributed by atoms with E-state index in [4.69, 9.17) is 5.84 Å². The van der Waals surface area contributed by atoms with E-state index in [1.807, 2.05) is 24.3 Å². The van der Waals surface area contributed by atoms with E-state index in [2.05, 4.69) is 9.97 Å². The van der Waals surface area contributed by atoms with Gasteiger partial charge in [0.25, 0.3) is 0 Å². The molecule has 0 unspecified atom stereocenters. The van der Waals surface area contributed by atoms with Crippen molar-refractivity contribution in [3.8, 4) is 0 Å². The van der Waals surface area contributed by atoms with Gasteiger partial charge in [-0.15, -0.1) is 0 Å². The Morgan fingerprint density at radius 3 is 2.07 bits per heavy atom. The van der Waals surface area contributed by atoms with Gasteiger partial charge in [-0.3, -0.25) is 0 Å². The molecule has 1 aliphatic rings. The SMILES string of the molecule is NN1c2ncccc2Cc2cccnc21. The van der Waals surface area contributed by atoms with Crippen molar-refractivity contribution < 1.29 is 0 Å². The Bertz CT molecular complexity index is 464. The normalized spacial score (nSPS) is 13.3. The minimum atomic E-state index is 0.795. The smallest absolute Gasteiger partial charge is 0.152 e. The maximum Gasteiger partial charge on any atom is 0.152 e. The van der Waals surface area contributed by atoms with E-state index in [0.29, 0.717) is 0 Å². The number of pyridine rings is 2. The molecule has 4 heteroatoms. The summed E-state index contributed by atoms with van der Waals surface area (Å²) in [6, 6.07) is 7.93. The Kier molecular flexibility index (Phi) is 1.69. The highest BCUT2D eigenvalue weighted by Gasteiger charge is 2.21. The fourth-order valence-electron chi connectivity index (χ4n) is 1.88. The summed E-state index contributed by atoms with van der Waals surface area (Å²) in [6.45, 7) is 0. The van der Waals surface area contributed by atoms with Crippen LogP contribution < -0.4 is 10.9 Å². The molecule has 4 nitrogen and oxygen atoms in total. The number of aromatic nitrogens is 2. The van der Waals surface area contributed by atoms with Gasteiger partial charge in [0.05, 0.1) is 0 Å². The van der Waals surface area contributed by atoms with E-state index in [9.17, 15) is 0 Å². The Labute approximate surface area is 87.4 Å². The Morgan fingerprint density at radius 2 is 1.53 bits per heavy atom. The number of rotatable bonds is 0. The summed E-state index contributed by atoms with van der Waals surface area (Å²) in [5.41, 5.74) is 2.28. The molecule has 0 radical (unpaired) electrons. The van der Waals surface area contributed by atoms with Crippen LogP contribution in [-0.2, 0) is 6.42 Å². The molecule has 0 aromatic carbocycles. The molecule has 74 valence electrons. The number of hydrazine groups is 1. The van der Waals surface area contributed by atoms with Gasteiger partial charge in [-0.2, -0.15) is 0 Å². The molecular weight excluding hydrogens is 188 g/mol. The van der Waals surface area contributed by atoms with Crippen molar-refractivity contribution in [1.29, 1.82) is 0 Å². The first-order valence-corrected chi connectivity index (χ1v) is 4.79. The van der Waals surface area contributed by atoms with Crippen LogP contribution in [0.3, 0.4) is 0 Å². The summed E-state index contributed by atoms with van der Waals surface area (Å²) < 4.78 is 0. The first-order valence-electron chi connectivity index (χ1n) is 4.79. The Morgan fingerprint density at radius 1 is 1.00 bits per heavy atom. The summed E-state index contributed by atoms with van der Waals surface area (Å²) >= 11 is 0. The lowest BCUT2D eigenvalue weighted by Gasteiger charge is -2.26. The largest absolute Gasteiger partial charge is 0.244 e. The van der Waals surface area contributed by atoms with Gasteiger partial charge in [0.15, 0.2) is 11.6 Å². The molecule has 3 heterocycles. The second kappa shape index (κ2) is 3.03. The average molecular weight is 198 g/mol. The molecule has 0 saturated heterocycles. The van der Waals surface area contributed by atoms with E-state index in [-0.39, 0.29) is 0 Å². The third-order valence-corrected chi connectivity index (χ3v) is 2.57. The predicted molar refractivity (Wildman–Crippen MR) is 57.6 cm³/mol. The monoisotopic (exact) mass is 198 g/mol. The summed E-state index contributed by atoms with van der Waals surface area (Å²) in [6.07, 6.45) is 4.33. The molecule has 0 saturated carbocycles. The Hall–Kier alpha value is -1.94. The average Bonchev–Trinajstić information content (AvgIpc) is 2.30. The van der Waals surface area contributed by atoms with Crippen molar-refractivity contribution in [3.05, 3.63) is 47.8 Å². The molecule has 0 aliphatic carbocycles. The fourth-order valence-corrected chi connectivity index (χ4v) is 1.88. The zero-order valence-corrected chi connectivity index (χ0v) is 8.09. The lowest BCUT2D eigenvalue weighted by atomic mass is 10.0. The van der Waals surface area contributed by atoms with Crippen molar-refractivity contribution >= 4 is 11.6 Å². The summed E-state index contributed by atoms with van der Waals surface area (Å²) in [5.74, 6) is 7.56. The number of hydrogen-bond acceptors (Lipinski definition) is 4. The third kappa shape index (κ3) is 1.19. The van der Waals surface area contributed by atoms with Crippen LogP contribution in [-0.4, -0.2) is 9.97 Å². The first kappa shape index (κ1) is 8.38. The topological polar surface area (TPSA) is 55.0 Å². The molecular formula is C11H10N4. The van der Waals surface area contributed by atoms with Gasteiger partial charge in [0, 0.05) is 29.9 Å². The number of nitrogens with zero attached hydrogens (tertiary/aromatic N) is 3. The molecule has 0 fully saturated rings. The molecule has 0 amide bonds. The van der Waals surface area contributed by atoms with Crippen LogP contribution in [0.1, 0.15) is 11.1 Å².